The van der Waals surface area contributed by atoms with Gasteiger partial charge in [0.05, 0.1) is 19.8 Å². The average Bonchev–Trinajstić information content (AvgIpc) is 2.51. The van der Waals surface area contributed by atoms with Crippen molar-refractivity contribution in [1.82, 2.24) is 15.6 Å². The van der Waals surface area contributed by atoms with Crippen molar-refractivity contribution < 1.29 is 9.47 Å². The third-order valence-electron chi connectivity index (χ3n) is 2.64. The highest BCUT2D eigenvalue weighted by molar-refractivity contribution is 14.0. The Morgan fingerprint density at radius 3 is 2.77 bits per heavy atom. The summed E-state index contributed by atoms with van der Waals surface area (Å²) in [5.74, 6) is 1.43. The van der Waals surface area contributed by atoms with Crippen LogP contribution in [-0.4, -0.2) is 44.4 Å². The Balaban J connectivity index is 0.00000441. The van der Waals surface area contributed by atoms with Gasteiger partial charge in [-0.05, 0) is 19.4 Å². The highest BCUT2D eigenvalue weighted by atomic mass is 127. The highest BCUT2D eigenvalue weighted by Gasteiger charge is 2.04. The topological polar surface area (TPSA) is 67.8 Å². The predicted octanol–water partition coefficient (Wildman–Crippen LogP) is 2.19. The summed E-state index contributed by atoms with van der Waals surface area (Å²) in [4.78, 5) is 8.81. The third-order valence-corrected chi connectivity index (χ3v) is 2.64. The molecule has 6 nitrogen and oxygen atoms in total. The number of rotatable bonds is 9. The number of hydrogen-bond donors (Lipinski definition) is 2. The summed E-state index contributed by atoms with van der Waals surface area (Å²) in [6.45, 7) is 7.47. The van der Waals surface area contributed by atoms with Crippen molar-refractivity contribution in [2.75, 3.05) is 33.4 Å². The molecule has 0 saturated heterocycles. The minimum absolute atomic E-state index is 0. The lowest BCUT2D eigenvalue weighted by Gasteiger charge is -2.12. The Hall–Kier alpha value is -1.09. The van der Waals surface area contributed by atoms with Gasteiger partial charge in [-0.3, -0.25) is 0 Å². The average molecular weight is 422 g/mol. The number of halogens is 1. The second-order valence-electron chi connectivity index (χ2n) is 4.43. The lowest BCUT2D eigenvalue weighted by molar-refractivity contribution is 0.203. The van der Waals surface area contributed by atoms with E-state index >= 15 is 0 Å². The SMILES string of the molecule is CCCOc1ncccc1CN=C(NCC)NCCOC.I. The molecule has 2 N–H and O–H groups in total. The van der Waals surface area contributed by atoms with Crippen molar-refractivity contribution in [2.24, 2.45) is 4.99 Å². The highest BCUT2D eigenvalue weighted by Crippen LogP contribution is 2.15. The normalized spacial score (nSPS) is 10.8. The van der Waals surface area contributed by atoms with Gasteiger partial charge in [0.25, 0.3) is 0 Å². The number of guanidine groups is 1. The third kappa shape index (κ3) is 8.38. The molecule has 22 heavy (non-hydrogen) atoms. The number of hydrogen-bond acceptors (Lipinski definition) is 4. The van der Waals surface area contributed by atoms with Gasteiger partial charge in [0.1, 0.15) is 0 Å². The second kappa shape index (κ2) is 13.6. The summed E-state index contributed by atoms with van der Waals surface area (Å²) in [6, 6.07) is 3.88. The van der Waals surface area contributed by atoms with Crippen LogP contribution in [-0.2, 0) is 11.3 Å². The number of pyridine rings is 1. The number of methoxy groups -OCH3 is 1. The quantitative estimate of drug-likeness (QED) is 0.277. The van der Waals surface area contributed by atoms with Crippen LogP contribution < -0.4 is 15.4 Å². The van der Waals surface area contributed by atoms with Crippen LogP contribution in [0.25, 0.3) is 0 Å². The minimum Gasteiger partial charge on any atom is -0.477 e. The van der Waals surface area contributed by atoms with Gasteiger partial charge in [0.2, 0.25) is 5.88 Å². The van der Waals surface area contributed by atoms with Crippen molar-refractivity contribution in [3.63, 3.8) is 0 Å². The standard InChI is InChI=1S/C15H26N4O2.HI/c1-4-10-21-14-13(7-6-8-17-14)12-19-15(16-5-2)18-9-11-20-3;/h6-8H,4-5,9-12H2,1-3H3,(H2,16,18,19);1H. The monoisotopic (exact) mass is 422 g/mol. The molecule has 0 aliphatic rings. The van der Waals surface area contributed by atoms with Crippen LogP contribution in [0.3, 0.4) is 0 Å². The molecule has 0 radical (unpaired) electrons. The van der Waals surface area contributed by atoms with E-state index in [1.807, 2.05) is 19.1 Å². The molecule has 0 atom stereocenters. The molecule has 1 rings (SSSR count). The van der Waals surface area contributed by atoms with E-state index in [1.54, 1.807) is 13.3 Å². The van der Waals surface area contributed by atoms with Crippen molar-refractivity contribution in [2.45, 2.75) is 26.8 Å². The van der Waals surface area contributed by atoms with E-state index in [9.17, 15) is 0 Å². The van der Waals surface area contributed by atoms with E-state index in [0.29, 0.717) is 32.2 Å². The van der Waals surface area contributed by atoms with Crippen LogP contribution in [0.1, 0.15) is 25.8 Å². The van der Waals surface area contributed by atoms with Gasteiger partial charge in [-0.1, -0.05) is 13.0 Å². The second-order valence-corrected chi connectivity index (χ2v) is 4.43. The fourth-order valence-corrected chi connectivity index (χ4v) is 1.65. The van der Waals surface area contributed by atoms with Crippen LogP contribution in [0, 0.1) is 0 Å². The number of aliphatic imine (C=N–C) groups is 1. The van der Waals surface area contributed by atoms with E-state index in [4.69, 9.17) is 9.47 Å². The molecule has 0 amide bonds. The van der Waals surface area contributed by atoms with E-state index in [-0.39, 0.29) is 24.0 Å². The Kier molecular flexibility index (Phi) is 12.9. The molecule has 0 fully saturated rings. The summed E-state index contributed by atoms with van der Waals surface area (Å²) >= 11 is 0. The summed E-state index contributed by atoms with van der Waals surface area (Å²) in [6.07, 6.45) is 2.70. The van der Waals surface area contributed by atoms with E-state index in [2.05, 4.69) is 27.5 Å². The Labute approximate surface area is 150 Å². The lowest BCUT2D eigenvalue weighted by Crippen LogP contribution is -2.38. The summed E-state index contributed by atoms with van der Waals surface area (Å²) in [7, 11) is 1.68. The van der Waals surface area contributed by atoms with Crippen LogP contribution >= 0.6 is 24.0 Å². The van der Waals surface area contributed by atoms with Crippen molar-refractivity contribution in [3.05, 3.63) is 23.9 Å². The Morgan fingerprint density at radius 1 is 1.27 bits per heavy atom. The Morgan fingerprint density at radius 2 is 2.09 bits per heavy atom. The molecule has 7 heteroatoms. The molecule has 0 bridgehead atoms. The molecule has 126 valence electrons. The van der Waals surface area contributed by atoms with Crippen LogP contribution in [0.2, 0.25) is 0 Å². The maximum absolute atomic E-state index is 5.64. The van der Waals surface area contributed by atoms with E-state index < -0.39 is 0 Å². The zero-order valence-corrected chi connectivity index (χ0v) is 15.9. The van der Waals surface area contributed by atoms with Crippen molar-refractivity contribution in [1.29, 1.82) is 0 Å². The molecule has 1 aromatic rings. The van der Waals surface area contributed by atoms with Crippen molar-refractivity contribution in [3.8, 4) is 5.88 Å². The zero-order valence-electron chi connectivity index (χ0n) is 13.6. The molecule has 0 aromatic carbocycles. The first-order valence-electron chi connectivity index (χ1n) is 7.39. The fourth-order valence-electron chi connectivity index (χ4n) is 1.65. The number of nitrogens with zero attached hydrogens (tertiary/aromatic N) is 2. The number of aromatic nitrogens is 1. The van der Waals surface area contributed by atoms with Gasteiger partial charge >= 0.3 is 0 Å². The van der Waals surface area contributed by atoms with Gasteiger partial charge in [0.15, 0.2) is 5.96 Å². The van der Waals surface area contributed by atoms with E-state index in [1.165, 1.54) is 0 Å². The summed E-state index contributed by atoms with van der Waals surface area (Å²) in [5, 5.41) is 6.40. The lowest BCUT2D eigenvalue weighted by atomic mass is 10.3. The van der Waals surface area contributed by atoms with Gasteiger partial charge < -0.3 is 20.1 Å². The maximum atomic E-state index is 5.64. The maximum Gasteiger partial charge on any atom is 0.218 e. The molecule has 0 saturated carbocycles. The van der Waals surface area contributed by atoms with Gasteiger partial charge in [-0.15, -0.1) is 24.0 Å². The fraction of sp³-hybridized carbons (Fsp3) is 0.600. The van der Waals surface area contributed by atoms with E-state index in [0.717, 1.165) is 24.5 Å². The summed E-state index contributed by atoms with van der Waals surface area (Å²) < 4.78 is 10.7. The smallest absolute Gasteiger partial charge is 0.218 e. The molecule has 0 unspecified atom stereocenters. The molecule has 1 heterocycles. The Bertz CT molecular complexity index is 430. The summed E-state index contributed by atoms with van der Waals surface area (Å²) in [5.41, 5.74) is 0.981. The molecule has 0 aliphatic carbocycles. The van der Waals surface area contributed by atoms with Crippen LogP contribution in [0.4, 0.5) is 0 Å². The molecule has 1 aromatic heterocycles. The number of nitrogens with one attached hydrogen (secondary N) is 2. The van der Waals surface area contributed by atoms with Crippen LogP contribution in [0.15, 0.2) is 23.3 Å². The van der Waals surface area contributed by atoms with Crippen LogP contribution in [0.5, 0.6) is 5.88 Å². The molecule has 0 aliphatic heterocycles. The van der Waals surface area contributed by atoms with Gasteiger partial charge in [-0.25, -0.2) is 9.98 Å². The van der Waals surface area contributed by atoms with Crippen molar-refractivity contribution >= 4 is 29.9 Å². The first-order valence-corrected chi connectivity index (χ1v) is 7.39. The number of ether oxygens (including phenoxy) is 2. The van der Waals surface area contributed by atoms with Gasteiger partial charge in [-0.2, -0.15) is 0 Å². The molecular formula is C15H27IN4O2. The first-order chi connectivity index (χ1) is 10.3. The molecular weight excluding hydrogens is 395 g/mol. The molecule has 0 spiro atoms. The zero-order chi connectivity index (χ0) is 15.3. The predicted molar refractivity (Wildman–Crippen MR) is 100 cm³/mol. The first kappa shape index (κ1) is 20.9. The largest absolute Gasteiger partial charge is 0.477 e. The minimum atomic E-state index is 0. The van der Waals surface area contributed by atoms with Gasteiger partial charge in [0, 0.05) is 32.0 Å².